The molecule has 4 aromatic rings. The van der Waals surface area contributed by atoms with E-state index in [0.29, 0.717) is 17.0 Å². The number of carbonyl (C=O) groups is 1. The van der Waals surface area contributed by atoms with E-state index < -0.39 is 0 Å². The van der Waals surface area contributed by atoms with Gasteiger partial charge in [-0.3, -0.25) is 9.20 Å². The summed E-state index contributed by atoms with van der Waals surface area (Å²) in [4.78, 5) is 28.3. The van der Waals surface area contributed by atoms with Crippen molar-refractivity contribution in [3.8, 4) is 11.3 Å². The Bertz CT molecular complexity index is 1210. The quantitative estimate of drug-likeness (QED) is 0.534. The number of anilines is 2. The minimum Gasteiger partial charge on any atom is -0.372 e. The molecule has 1 N–H and O–H groups in total. The number of imidazole rings is 1. The van der Waals surface area contributed by atoms with E-state index in [2.05, 4.69) is 39.0 Å². The summed E-state index contributed by atoms with van der Waals surface area (Å²) in [5.41, 5.74) is 2.89. The van der Waals surface area contributed by atoms with E-state index in [-0.39, 0.29) is 18.1 Å². The van der Waals surface area contributed by atoms with E-state index in [1.165, 1.54) is 0 Å². The normalized spacial score (nSPS) is 18.6. The molecule has 1 aliphatic rings. The van der Waals surface area contributed by atoms with Gasteiger partial charge < -0.3 is 15.0 Å². The van der Waals surface area contributed by atoms with Crippen LogP contribution in [-0.4, -0.2) is 50.6 Å². The Morgan fingerprint density at radius 2 is 1.94 bits per heavy atom. The molecular formula is C24H24N6O2. The number of fused-ring (bicyclic) bond motifs is 1. The zero-order valence-electron chi connectivity index (χ0n) is 18.0. The molecule has 162 valence electrons. The third-order valence-corrected chi connectivity index (χ3v) is 5.41. The number of carbonyl (C=O) groups excluding carboxylic acids is 1. The summed E-state index contributed by atoms with van der Waals surface area (Å²) in [6, 6.07) is 13.2. The maximum Gasteiger partial charge on any atom is 0.257 e. The van der Waals surface area contributed by atoms with E-state index in [1.807, 2.05) is 53.2 Å². The lowest BCUT2D eigenvalue weighted by Gasteiger charge is -2.36. The van der Waals surface area contributed by atoms with Gasteiger partial charge in [0, 0.05) is 49.1 Å². The second-order valence-electron chi connectivity index (χ2n) is 8.06. The van der Waals surface area contributed by atoms with Crippen LogP contribution in [0.15, 0.2) is 67.3 Å². The summed E-state index contributed by atoms with van der Waals surface area (Å²) in [5.74, 6) is 1.28. The van der Waals surface area contributed by atoms with Crippen LogP contribution in [0.2, 0.25) is 0 Å². The number of hydrogen-bond acceptors (Lipinski definition) is 6. The molecule has 1 fully saturated rings. The number of pyridine rings is 1. The van der Waals surface area contributed by atoms with Gasteiger partial charge in [0.05, 0.1) is 23.5 Å². The predicted octanol–water partition coefficient (Wildman–Crippen LogP) is 3.66. The third kappa shape index (κ3) is 4.17. The summed E-state index contributed by atoms with van der Waals surface area (Å²) in [6.45, 7) is 5.69. The van der Waals surface area contributed by atoms with Gasteiger partial charge in [0.2, 0.25) is 5.78 Å². The molecule has 1 amide bonds. The number of ether oxygens (including phenoxy) is 1. The molecular weight excluding hydrogens is 404 g/mol. The number of amides is 1. The van der Waals surface area contributed by atoms with Crippen molar-refractivity contribution in [3.63, 3.8) is 0 Å². The maximum atomic E-state index is 12.8. The topological polar surface area (TPSA) is 84.7 Å². The Labute approximate surface area is 185 Å². The van der Waals surface area contributed by atoms with Gasteiger partial charge in [-0.1, -0.05) is 12.1 Å². The number of rotatable bonds is 4. The van der Waals surface area contributed by atoms with E-state index in [1.54, 1.807) is 18.5 Å². The van der Waals surface area contributed by atoms with Crippen molar-refractivity contribution >= 4 is 23.2 Å². The third-order valence-electron chi connectivity index (χ3n) is 5.41. The van der Waals surface area contributed by atoms with E-state index >= 15 is 0 Å². The van der Waals surface area contributed by atoms with Crippen molar-refractivity contribution in [2.45, 2.75) is 26.1 Å². The highest BCUT2D eigenvalue weighted by Gasteiger charge is 2.23. The van der Waals surface area contributed by atoms with Crippen molar-refractivity contribution < 1.29 is 9.53 Å². The first-order valence-corrected chi connectivity index (χ1v) is 10.6. The molecule has 2 atom stereocenters. The van der Waals surface area contributed by atoms with E-state index in [4.69, 9.17) is 4.74 Å². The molecule has 32 heavy (non-hydrogen) atoms. The number of benzene rings is 1. The van der Waals surface area contributed by atoms with Crippen LogP contribution in [0.4, 0.5) is 11.5 Å². The summed E-state index contributed by atoms with van der Waals surface area (Å²) < 4.78 is 7.65. The van der Waals surface area contributed by atoms with Crippen molar-refractivity contribution in [3.05, 3.63) is 72.8 Å². The molecule has 4 heterocycles. The smallest absolute Gasteiger partial charge is 0.257 e. The predicted molar refractivity (Wildman–Crippen MR) is 123 cm³/mol. The average molecular weight is 428 g/mol. The van der Waals surface area contributed by atoms with Crippen LogP contribution in [0.25, 0.3) is 17.0 Å². The molecule has 8 heteroatoms. The minimum absolute atomic E-state index is 0.152. The highest BCUT2D eigenvalue weighted by Crippen LogP contribution is 2.23. The molecule has 0 aliphatic carbocycles. The SMILES string of the molecule is C[C@@H]1CN(c2ccc(C(=O)Nc3cccc(-c4cn5cccnc5n4)c3)cn2)C[C@H](C)O1. The van der Waals surface area contributed by atoms with Crippen molar-refractivity contribution in [1.29, 1.82) is 0 Å². The van der Waals surface area contributed by atoms with Gasteiger partial charge in [0.25, 0.3) is 5.91 Å². The molecule has 0 unspecified atom stereocenters. The first-order valence-electron chi connectivity index (χ1n) is 10.6. The van der Waals surface area contributed by atoms with Crippen LogP contribution < -0.4 is 10.2 Å². The van der Waals surface area contributed by atoms with Gasteiger partial charge in [0.1, 0.15) is 5.82 Å². The summed E-state index contributed by atoms with van der Waals surface area (Å²) >= 11 is 0. The number of hydrogen-bond donors (Lipinski definition) is 1. The lowest BCUT2D eigenvalue weighted by Crippen LogP contribution is -2.45. The van der Waals surface area contributed by atoms with Gasteiger partial charge in [-0.05, 0) is 44.2 Å². The zero-order valence-corrected chi connectivity index (χ0v) is 18.0. The van der Waals surface area contributed by atoms with Gasteiger partial charge >= 0.3 is 0 Å². The molecule has 3 aromatic heterocycles. The molecule has 1 aliphatic heterocycles. The number of aromatic nitrogens is 4. The van der Waals surface area contributed by atoms with Crippen LogP contribution in [0, 0.1) is 0 Å². The summed E-state index contributed by atoms with van der Waals surface area (Å²) in [5, 5.41) is 2.95. The first kappa shape index (κ1) is 20.1. The first-order chi connectivity index (χ1) is 15.5. The lowest BCUT2D eigenvalue weighted by atomic mass is 10.1. The second-order valence-corrected chi connectivity index (χ2v) is 8.06. The van der Waals surface area contributed by atoms with Gasteiger partial charge in [-0.2, -0.15) is 0 Å². The standard InChI is InChI=1S/C24H24N6O2/c1-16-13-30(14-17(2)32-16)22-8-7-19(12-26-22)23(31)27-20-6-3-5-18(11-20)21-15-29-10-4-9-25-24(29)28-21/h3-12,15-17H,13-14H2,1-2H3,(H,27,31)/t16-,17+. The Morgan fingerprint density at radius 3 is 2.69 bits per heavy atom. The second kappa shape index (κ2) is 8.39. The zero-order chi connectivity index (χ0) is 22.1. The molecule has 1 saturated heterocycles. The number of nitrogens with zero attached hydrogens (tertiary/aromatic N) is 5. The van der Waals surface area contributed by atoms with Crippen molar-refractivity contribution in [1.82, 2.24) is 19.4 Å². The maximum absolute atomic E-state index is 12.8. The Kier molecular flexibility index (Phi) is 5.28. The van der Waals surface area contributed by atoms with Crippen molar-refractivity contribution in [2.24, 2.45) is 0 Å². The Balaban J connectivity index is 1.30. The number of morpholine rings is 1. The summed E-state index contributed by atoms with van der Waals surface area (Å²) in [7, 11) is 0. The fourth-order valence-corrected chi connectivity index (χ4v) is 4.00. The lowest BCUT2D eigenvalue weighted by molar-refractivity contribution is -0.00546. The highest BCUT2D eigenvalue weighted by atomic mass is 16.5. The van der Waals surface area contributed by atoms with Crippen LogP contribution in [-0.2, 0) is 4.74 Å². The highest BCUT2D eigenvalue weighted by molar-refractivity contribution is 6.04. The molecule has 0 saturated carbocycles. The van der Waals surface area contributed by atoms with Crippen LogP contribution in [0.1, 0.15) is 24.2 Å². The Hall–Kier alpha value is -3.78. The summed E-state index contributed by atoms with van der Waals surface area (Å²) in [6.07, 6.45) is 7.45. The van der Waals surface area contributed by atoms with E-state index in [9.17, 15) is 4.79 Å². The van der Waals surface area contributed by atoms with Gasteiger partial charge in [-0.15, -0.1) is 0 Å². The largest absolute Gasteiger partial charge is 0.372 e. The van der Waals surface area contributed by atoms with Gasteiger partial charge in [-0.25, -0.2) is 15.0 Å². The minimum atomic E-state index is -0.207. The average Bonchev–Trinajstić information content (AvgIpc) is 3.23. The fourth-order valence-electron chi connectivity index (χ4n) is 4.00. The van der Waals surface area contributed by atoms with E-state index in [0.717, 1.165) is 30.2 Å². The van der Waals surface area contributed by atoms with Crippen molar-refractivity contribution in [2.75, 3.05) is 23.3 Å². The van der Waals surface area contributed by atoms with Gasteiger partial charge in [0.15, 0.2) is 0 Å². The molecule has 1 aromatic carbocycles. The van der Waals surface area contributed by atoms with Crippen LogP contribution in [0.5, 0.6) is 0 Å². The molecule has 8 nitrogen and oxygen atoms in total. The molecule has 0 bridgehead atoms. The monoisotopic (exact) mass is 428 g/mol. The van der Waals surface area contributed by atoms with Crippen LogP contribution in [0.3, 0.4) is 0 Å². The Morgan fingerprint density at radius 1 is 1.09 bits per heavy atom. The fraction of sp³-hybridized carbons (Fsp3) is 0.250. The molecule has 0 radical (unpaired) electrons. The number of nitrogens with one attached hydrogen (secondary N) is 1. The van der Waals surface area contributed by atoms with Crippen LogP contribution >= 0.6 is 0 Å². The molecule has 5 rings (SSSR count). The molecule has 0 spiro atoms.